The van der Waals surface area contributed by atoms with Gasteiger partial charge in [0.25, 0.3) is 0 Å². The van der Waals surface area contributed by atoms with Gasteiger partial charge in [-0.3, -0.25) is 14.6 Å². The SMILES string of the molecule is COc1cc(CN2CCc3cnccc3C2)ccc1Cn1ncc2nc(N)nc(N)c21. The first-order chi connectivity index (χ1) is 15.1. The van der Waals surface area contributed by atoms with E-state index in [9.17, 15) is 0 Å². The molecule has 0 bridgehead atoms. The molecule has 158 valence electrons. The minimum absolute atomic E-state index is 0.142. The van der Waals surface area contributed by atoms with Crippen LogP contribution >= 0.6 is 0 Å². The van der Waals surface area contributed by atoms with E-state index in [0.717, 1.165) is 37.4 Å². The number of anilines is 2. The molecule has 5 rings (SSSR count). The molecule has 0 fully saturated rings. The summed E-state index contributed by atoms with van der Waals surface area (Å²) in [6.07, 6.45) is 6.52. The van der Waals surface area contributed by atoms with Crippen molar-refractivity contribution < 1.29 is 4.74 Å². The summed E-state index contributed by atoms with van der Waals surface area (Å²) in [5.41, 5.74) is 18.0. The van der Waals surface area contributed by atoms with Crippen LogP contribution in [0.25, 0.3) is 11.0 Å². The molecule has 1 aromatic carbocycles. The van der Waals surface area contributed by atoms with Crippen molar-refractivity contribution in [3.05, 3.63) is 65.1 Å². The van der Waals surface area contributed by atoms with Gasteiger partial charge in [-0.1, -0.05) is 12.1 Å². The number of nitrogens with two attached hydrogens (primary N) is 2. The zero-order valence-corrected chi connectivity index (χ0v) is 17.3. The number of hydrogen-bond acceptors (Lipinski definition) is 8. The van der Waals surface area contributed by atoms with Crippen LogP contribution in [-0.2, 0) is 26.1 Å². The van der Waals surface area contributed by atoms with Crippen LogP contribution in [0.5, 0.6) is 5.75 Å². The molecule has 0 aliphatic carbocycles. The average Bonchev–Trinajstić information content (AvgIpc) is 3.17. The molecule has 4 heterocycles. The molecular formula is C22H24N8O. The van der Waals surface area contributed by atoms with Gasteiger partial charge in [0.15, 0.2) is 5.82 Å². The first-order valence-corrected chi connectivity index (χ1v) is 10.1. The summed E-state index contributed by atoms with van der Waals surface area (Å²) in [6.45, 7) is 3.31. The predicted molar refractivity (Wildman–Crippen MR) is 118 cm³/mol. The molecule has 1 aliphatic rings. The van der Waals surface area contributed by atoms with E-state index < -0.39 is 0 Å². The van der Waals surface area contributed by atoms with Gasteiger partial charge in [0, 0.05) is 37.6 Å². The van der Waals surface area contributed by atoms with E-state index >= 15 is 0 Å². The van der Waals surface area contributed by atoms with Crippen LogP contribution in [0.15, 0.2) is 42.9 Å². The van der Waals surface area contributed by atoms with Crippen LogP contribution in [0.3, 0.4) is 0 Å². The number of ether oxygens (including phenoxy) is 1. The Morgan fingerprint density at radius 1 is 1.06 bits per heavy atom. The van der Waals surface area contributed by atoms with Crippen molar-refractivity contribution in [1.82, 2.24) is 29.6 Å². The van der Waals surface area contributed by atoms with Crippen molar-refractivity contribution >= 4 is 22.8 Å². The maximum atomic E-state index is 6.06. The summed E-state index contributed by atoms with van der Waals surface area (Å²) >= 11 is 0. The first kappa shape index (κ1) is 19.3. The average molecular weight is 416 g/mol. The van der Waals surface area contributed by atoms with E-state index in [1.54, 1.807) is 18.0 Å². The Balaban J connectivity index is 1.36. The fourth-order valence-corrected chi connectivity index (χ4v) is 4.17. The summed E-state index contributed by atoms with van der Waals surface area (Å²) in [5, 5.41) is 4.42. The molecule has 3 aromatic heterocycles. The van der Waals surface area contributed by atoms with Gasteiger partial charge in [0.2, 0.25) is 5.95 Å². The number of nitrogens with zero attached hydrogens (tertiary/aromatic N) is 6. The number of rotatable bonds is 5. The number of methoxy groups -OCH3 is 1. The first-order valence-electron chi connectivity index (χ1n) is 10.1. The maximum Gasteiger partial charge on any atom is 0.222 e. The van der Waals surface area contributed by atoms with Gasteiger partial charge in [-0.15, -0.1) is 0 Å². The highest BCUT2D eigenvalue weighted by molar-refractivity contribution is 5.85. The Bertz CT molecular complexity index is 1250. The minimum Gasteiger partial charge on any atom is -0.496 e. The summed E-state index contributed by atoms with van der Waals surface area (Å²) in [7, 11) is 1.69. The van der Waals surface area contributed by atoms with Gasteiger partial charge < -0.3 is 16.2 Å². The van der Waals surface area contributed by atoms with Crippen LogP contribution in [-0.4, -0.2) is 43.3 Å². The predicted octanol–water partition coefficient (Wildman–Crippen LogP) is 2.00. The topological polar surface area (TPSA) is 121 Å². The van der Waals surface area contributed by atoms with E-state index in [1.165, 1.54) is 16.7 Å². The van der Waals surface area contributed by atoms with Crippen LogP contribution < -0.4 is 16.2 Å². The summed E-state index contributed by atoms with van der Waals surface area (Å²) in [6, 6.07) is 8.44. The number of fused-ring (bicyclic) bond motifs is 2. The third-order valence-electron chi connectivity index (χ3n) is 5.71. The molecule has 4 N–H and O–H groups in total. The van der Waals surface area contributed by atoms with Gasteiger partial charge in [0.1, 0.15) is 16.8 Å². The molecule has 9 heteroatoms. The molecule has 0 amide bonds. The third-order valence-corrected chi connectivity index (χ3v) is 5.71. The minimum atomic E-state index is 0.142. The molecule has 0 atom stereocenters. The number of benzene rings is 1. The van der Waals surface area contributed by atoms with Gasteiger partial charge in [-0.2, -0.15) is 10.1 Å². The lowest BCUT2D eigenvalue weighted by Crippen LogP contribution is -2.30. The highest BCUT2D eigenvalue weighted by Gasteiger charge is 2.17. The molecule has 0 saturated carbocycles. The van der Waals surface area contributed by atoms with Crippen LogP contribution in [0, 0.1) is 0 Å². The molecule has 0 unspecified atom stereocenters. The Labute approximate surface area is 179 Å². The van der Waals surface area contributed by atoms with E-state index in [4.69, 9.17) is 16.2 Å². The standard InChI is InChI=1S/C22H24N8O/c1-31-19-8-14(11-29-7-5-15-9-25-6-4-16(15)12-29)2-3-17(19)13-30-20-18(10-26-30)27-22(24)28-21(20)23/h2-4,6,8-10H,5,7,11-13H2,1H3,(H4,23,24,27,28). The number of pyridine rings is 1. The molecule has 9 nitrogen and oxygen atoms in total. The van der Waals surface area contributed by atoms with E-state index in [1.807, 2.05) is 12.4 Å². The van der Waals surface area contributed by atoms with E-state index in [-0.39, 0.29) is 5.95 Å². The molecule has 1 aliphatic heterocycles. The third kappa shape index (κ3) is 3.75. The lowest BCUT2D eigenvalue weighted by Gasteiger charge is -2.28. The van der Waals surface area contributed by atoms with Crippen LogP contribution in [0.2, 0.25) is 0 Å². The summed E-state index contributed by atoms with van der Waals surface area (Å²) in [4.78, 5) is 14.9. The fraction of sp³-hybridized carbons (Fsp3) is 0.273. The molecule has 0 saturated heterocycles. The normalized spacial score (nSPS) is 14.0. The van der Waals surface area contributed by atoms with Crippen LogP contribution in [0.4, 0.5) is 11.8 Å². The molecular weight excluding hydrogens is 392 g/mol. The van der Waals surface area contributed by atoms with E-state index in [2.05, 4.69) is 49.2 Å². The zero-order chi connectivity index (χ0) is 21.4. The monoisotopic (exact) mass is 416 g/mol. The lowest BCUT2D eigenvalue weighted by molar-refractivity contribution is 0.245. The Morgan fingerprint density at radius 2 is 1.97 bits per heavy atom. The zero-order valence-electron chi connectivity index (χ0n) is 17.3. The number of nitrogen functional groups attached to an aromatic ring is 2. The molecule has 4 aromatic rings. The fourth-order valence-electron chi connectivity index (χ4n) is 4.17. The van der Waals surface area contributed by atoms with Gasteiger partial charge in [-0.25, -0.2) is 4.98 Å². The Kier molecular flexibility index (Phi) is 4.87. The van der Waals surface area contributed by atoms with Gasteiger partial charge in [-0.05, 0) is 35.2 Å². The van der Waals surface area contributed by atoms with E-state index in [0.29, 0.717) is 23.4 Å². The summed E-state index contributed by atoms with van der Waals surface area (Å²) < 4.78 is 7.47. The van der Waals surface area contributed by atoms with Gasteiger partial charge >= 0.3 is 0 Å². The quantitative estimate of drug-likeness (QED) is 0.507. The van der Waals surface area contributed by atoms with Crippen molar-refractivity contribution in [2.75, 3.05) is 25.1 Å². The largest absolute Gasteiger partial charge is 0.496 e. The molecule has 0 spiro atoms. The smallest absolute Gasteiger partial charge is 0.222 e. The van der Waals surface area contributed by atoms with Crippen molar-refractivity contribution in [3.8, 4) is 5.75 Å². The highest BCUT2D eigenvalue weighted by atomic mass is 16.5. The van der Waals surface area contributed by atoms with Crippen molar-refractivity contribution in [1.29, 1.82) is 0 Å². The number of aromatic nitrogens is 5. The second-order valence-electron chi connectivity index (χ2n) is 7.75. The second-order valence-corrected chi connectivity index (χ2v) is 7.75. The highest BCUT2D eigenvalue weighted by Crippen LogP contribution is 2.26. The lowest BCUT2D eigenvalue weighted by atomic mass is 10.0. The second kappa shape index (κ2) is 7.84. The summed E-state index contributed by atoms with van der Waals surface area (Å²) in [5.74, 6) is 1.27. The Hall–Kier alpha value is -3.72. The Morgan fingerprint density at radius 3 is 2.84 bits per heavy atom. The van der Waals surface area contributed by atoms with Crippen molar-refractivity contribution in [2.45, 2.75) is 26.1 Å². The number of hydrogen-bond donors (Lipinski definition) is 2. The van der Waals surface area contributed by atoms with Crippen molar-refractivity contribution in [3.63, 3.8) is 0 Å². The van der Waals surface area contributed by atoms with Crippen molar-refractivity contribution in [2.24, 2.45) is 0 Å². The molecule has 0 radical (unpaired) electrons. The van der Waals surface area contributed by atoms with Gasteiger partial charge in [0.05, 0.1) is 19.9 Å². The van der Waals surface area contributed by atoms with Crippen LogP contribution in [0.1, 0.15) is 22.3 Å². The maximum absolute atomic E-state index is 6.06. The molecule has 31 heavy (non-hydrogen) atoms.